The molecule has 152 valence electrons. The molecule has 0 bridgehead atoms. The fourth-order valence-electron chi connectivity index (χ4n) is 3.12. The van der Waals surface area contributed by atoms with Crippen molar-refractivity contribution in [3.63, 3.8) is 0 Å². The third-order valence-corrected chi connectivity index (χ3v) is 5.06. The van der Waals surface area contributed by atoms with E-state index in [-0.39, 0.29) is 6.10 Å². The molecule has 0 radical (unpaired) electrons. The third kappa shape index (κ3) is 8.37. The molecule has 1 unspecified atom stereocenters. The Morgan fingerprint density at radius 1 is 1.26 bits per heavy atom. The van der Waals surface area contributed by atoms with Crippen LogP contribution in [0.2, 0.25) is 5.02 Å². The maximum Gasteiger partial charge on any atom is 0.191 e. The Morgan fingerprint density at radius 2 is 1.96 bits per heavy atom. The Labute approximate surface area is 168 Å². The third-order valence-electron chi connectivity index (χ3n) is 4.81. The van der Waals surface area contributed by atoms with Crippen molar-refractivity contribution in [2.75, 3.05) is 53.5 Å². The van der Waals surface area contributed by atoms with E-state index in [0.29, 0.717) is 17.5 Å². The van der Waals surface area contributed by atoms with Crippen molar-refractivity contribution in [1.82, 2.24) is 15.5 Å². The number of halogens is 1. The van der Waals surface area contributed by atoms with Gasteiger partial charge in [-0.15, -0.1) is 0 Å². The van der Waals surface area contributed by atoms with Crippen molar-refractivity contribution in [1.29, 1.82) is 0 Å². The molecule has 0 saturated carbocycles. The number of likely N-dealkylation sites (tertiary alicyclic amines) is 1. The summed E-state index contributed by atoms with van der Waals surface area (Å²) in [6.07, 6.45) is 2.45. The van der Waals surface area contributed by atoms with Crippen LogP contribution in [0.15, 0.2) is 29.3 Å². The predicted molar refractivity (Wildman–Crippen MR) is 112 cm³/mol. The highest BCUT2D eigenvalue weighted by atomic mass is 35.5. The second-order valence-electron chi connectivity index (χ2n) is 6.99. The van der Waals surface area contributed by atoms with Gasteiger partial charge in [0.25, 0.3) is 0 Å². The SMILES string of the molecule is CN=C(NCC1CCN(CCOC)CC1)NCC(C)Oc1ccc(Cl)cc1. The summed E-state index contributed by atoms with van der Waals surface area (Å²) in [4.78, 5) is 6.79. The first-order chi connectivity index (χ1) is 13.1. The molecule has 27 heavy (non-hydrogen) atoms. The van der Waals surface area contributed by atoms with Gasteiger partial charge >= 0.3 is 0 Å². The van der Waals surface area contributed by atoms with Crippen LogP contribution in [0.1, 0.15) is 19.8 Å². The van der Waals surface area contributed by atoms with Gasteiger partial charge in [-0.25, -0.2) is 0 Å². The highest BCUT2D eigenvalue weighted by molar-refractivity contribution is 6.30. The summed E-state index contributed by atoms with van der Waals surface area (Å²) in [6.45, 7) is 7.80. The van der Waals surface area contributed by atoms with Gasteiger partial charge in [-0.3, -0.25) is 4.99 Å². The molecule has 1 atom stereocenters. The molecule has 1 saturated heterocycles. The van der Waals surface area contributed by atoms with E-state index in [2.05, 4.69) is 20.5 Å². The number of hydrogen-bond donors (Lipinski definition) is 2. The van der Waals surface area contributed by atoms with Gasteiger partial charge in [0.2, 0.25) is 0 Å². The van der Waals surface area contributed by atoms with Crippen molar-refractivity contribution < 1.29 is 9.47 Å². The van der Waals surface area contributed by atoms with Crippen LogP contribution in [0.25, 0.3) is 0 Å². The first-order valence-corrected chi connectivity index (χ1v) is 10.1. The summed E-state index contributed by atoms with van der Waals surface area (Å²) in [7, 11) is 3.56. The lowest BCUT2D eigenvalue weighted by Crippen LogP contribution is -2.45. The first kappa shape index (κ1) is 21.8. The topological polar surface area (TPSA) is 58.1 Å². The number of methoxy groups -OCH3 is 1. The molecule has 1 fully saturated rings. The maximum absolute atomic E-state index is 5.90. The van der Waals surface area contributed by atoms with Gasteiger partial charge in [-0.1, -0.05) is 11.6 Å². The molecule has 2 N–H and O–H groups in total. The molecule has 1 aromatic carbocycles. The summed E-state index contributed by atoms with van der Waals surface area (Å²) in [6, 6.07) is 7.42. The average molecular weight is 397 g/mol. The van der Waals surface area contributed by atoms with Gasteiger partial charge in [0.15, 0.2) is 5.96 Å². The molecule has 6 nitrogen and oxygen atoms in total. The van der Waals surface area contributed by atoms with E-state index in [1.807, 2.05) is 31.2 Å². The van der Waals surface area contributed by atoms with Crippen LogP contribution in [0.4, 0.5) is 0 Å². The smallest absolute Gasteiger partial charge is 0.191 e. The number of nitrogens with zero attached hydrogens (tertiary/aromatic N) is 2. The number of guanidine groups is 1. The lowest BCUT2D eigenvalue weighted by atomic mass is 9.97. The van der Waals surface area contributed by atoms with Crippen LogP contribution in [-0.4, -0.2) is 70.5 Å². The van der Waals surface area contributed by atoms with Gasteiger partial charge in [0.1, 0.15) is 11.9 Å². The summed E-state index contributed by atoms with van der Waals surface area (Å²) in [5.41, 5.74) is 0. The van der Waals surface area contributed by atoms with Crippen LogP contribution in [0.5, 0.6) is 5.75 Å². The summed E-state index contributed by atoms with van der Waals surface area (Å²) < 4.78 is 11.0. The molecule has 1 aliphatic rings. The summed E-state index contributed by atoms with van der Waals surface area (Å²) in [5.74, 6) is 2.32. The summed E-state index contributed by atoms with van der Waals surface area (Å²) in [5, 5.41) is 7.49. The van der Waals surface area contributed by atoms with E-state index in [0.717, 1.165) is 44.5 Å². The molecule has 7 heteroatoms. The zero-order valence-electron chi connectivity index (χ0n) is 16.7. The highest BCUT2D eigenvalue weighted by Crippen LogP contribution is 2.17. The lowest BCUT2D eigenvalue weighted by molar-refractivity contribution is 0.121. The Balaban J connectivity index is 1.63. The van der Waals surface area contributed by atoms with Gasteiger partial charge in [-0.05, 0) is 63.0 Å². The number of rotatable bonds is 9. The van der Waals surface area contributed by atoms with Crippen molar-refractivity contribution in [3.8, 4) is 5.75 Å². The van der Waals surface area contributed by atoms with Gasteiger partial charge in [0, 0.05) is 32.3 Å². The highest BCUT2D eigenvalue weighted by Gasteiger charge is 2.19. The van der Waals surface area contributed by atoms with Gasteiger partial charge in [0.05, 0.1) is 13.2 Å². The number of piperidine rings is 1. The normalized spacial score (nSPS) is 17.6. The maximum atomic E-state index is 5.90. The number of nitrogens with one attached hydrogen (secondary N) is 2. The van der Waals surface area contributed by atoms with E-state index < -0.39 is 0 Å². The van der Waals surface area contributed by atoms with Crippen LogP contribution in [0, 0.1) is 5.92 Å². The Hall–Kier alpha value is -1.50. The molecule has 1 heterocycles. The molecule has 0 aliphatic carbocycles. The lowest BCUT2D eigenvalue weighted by Gasteiger charge is -2.32. The zero-order chi connectivity index (χ0) is 19.5. The largest absolute Gasteiger partial charge is 0.489 e. The average Bonchev–Trinajstić information content (AvgIpc) is 2.69. The quantitative estimate of drug-likeness (QED) is 0.496. The fourth-order valence-corrected chi connectivity index (χ4v) is 3.25. The minimum atomic E-state index is 0.0220. The Kier molecular flexibility index (Phi) is 9.73. The Bertz CT molecular complexity index is 560. The molecule has 2 rings (SSSR count). The monoisotopic (exact) mass is 396 g/mol. The van der Waals surface area contributed by atoms with Crippen LogP contribution >= 0.6 is 11.6 Å². The summed E-state index contributed by atoms with van der Waals surface area (Å²) >= 11 is 5.90. The van der Waals surface area contributed by atoms with Crippen molar-refractivity contribution in [2.45, 2.75) is 25.9 Å². The van der Waals surface area contributed by atoms with Crippen LogP contribution in [0.3, 0.4) is 0 Å². The van der Waals surface area contributed by atoms with E-state index in [4.69, 9.17) is 21.1 Å². The molecule has 1 aliphatic heterocycles. The van der Waals surface area contributed by atoms with Crippen molar-refractivity contribution in [3.05, 3.63) is 29.3 Å². The van der Waals surface area contributed by atoms with Crippen molar-refractivity contribution in [2.24, 2.45) is 10.9 Å². The molecule has 1 aromatic rings. The van der Waals surface area contributed by atoms with E-state index in [1.54, 1.807) is 14.2 Å². The van der Waals surface area contributed by atoms with Crippen LogP contribution in [-0.2, 0) is 4.74 Å². The number of hydrogen-bond acceptors (Lipinski definition) is 4. The molecule has 0 spiro atoms. The van der Waals surface area contributed by atoms with E-state index in [1.165, 1.54) is 12.8 Å². The zero-order valence-corrected chi connectivity index (χ0v) is 17.5. The standard InChI is InChI=1S/C20H33ClN4O2/c1-16(27-19-6-4-18(21)5-7-19)14-23-20(22-2)24-15-17-8-10-25(11-9-17)12-13-26-3/h4-7,16-17H,8-15H2,1-3H3,(H2,22,23,24). The van der Waals surface area contributed by atoms with Crippen molar-refractivity contribution >= 4 is 17.6 Å². The minimum Gasteiger partial charge on any atom is -0.489 e. The van der Waals surface area contributed by atoms with E-state index >= 15 is 0 Å². The molecule has 0 aromatic heterocycles. The van der Waals surface area contributed by atoms with Crippen LogP contribution < -0.4 is 15.4 Å². The number of benzene rings is 1. The molecule has 0 amide bonds. The van der Waals surface area contributed by atoms with Gasteiger partial charge < -0.3 is 25.0 Å². The minimum absolute atomic E-state index is 0.0220. The number of ether oxygens (including phenoxy) is 2. The fraction of sp³-hybridized carbons (Fsp3) is 0.650. The van der Waals surface area contributed by atoms with E-state index in [9.17, 15) is 0 Å². The Morgan fingerprint density at radius 3 is 2.59 bits per heavy atom. The van der Waals surface area contributed by atoms with Gasteiger partial charge in [-0.2, -0.15) is 0 Å². The first-order valence-electron chi connectivity index (χ1n) is 9.68. The number of aliphatic imine (C=N–C) groups is 1. The second kappa shape index (κ2) is 12.1. The second-order valence-corrected chi connectivity index (χ2v) is 7.43. The molecular formula is C20H33ClN4O2. The predicted octanol–water partition coefficient (Wildman–Crippen LogP) is 2.63. The molecular weight excluding hydrogens is 364 g/mol.